The summed E-state index contributed by atoms with van der Waals surface area (Å²) in [6.45, 7) is 10.5. The van der Waals surface area contributed by atoms with Crippen molar-refractivity contribution in [2.45, 2.75) is 45.8 Å². The van der Waals surface area contributed by atoms with Crippen LogP contribution in [-0.4, -0.2) is 28.3 Å². The van der Waals surface area contributed by atoms with E-state index in [1.807, 2.05) is 28.7 Å². The Morgan fingerprint density at radius 2 is 0.771 bits per heavy atom. The van der Waals surface area contributed by atoms with Gasteiger partial charge in [-0.3, -0.25) is 0 Å². The minimum absolute atomic E-state index is 0.335. The van der Waals surface area contributed by atoms with Crippen molar-refractivity contribution in [3.8, 4) is 56.2 Å². The second-order valence-electron chi connectivity index (χ2n) is 26.1. The summed E-state index contributed by atoms with van der Waals surface area (Å²) >= 11 is 3.67. The van der Waals surface area contributed by atoms with Crippen LogP contribution in [0.1, 0.15) is 43.7 Å². The van der Waals surface area contributed by atoms with Crippen LogP contribution in [0.15, 0.2) is 285 Å². The van der Waals surface area contributed by atoms with Crippen LogP contribution in [0, 0.1) is 13.0 Å². The molecule has 0 radical (unpaired) electrons. The molecule has 1 aliphatic heterocycles. The number of pyridine rings is 2. The van der Waals surface area contributed by atoms with E-state index in [0.717, 1.165) is 39.4 Å². The zero-order valence-corrected chi connectivity index (χ0v) is 55.5. The van der Waals surface area contributed by atoms with Gasteiger partial charge in [0, 0.05) is 48.5 Å². The fraction of sp³-hybridized carbons (Fsp3) is 0.0787. The normalized spacial score (nSPS) is 13.8. The number of aryl methyl sites for hydroxylation is 1. The Balaban J connectivity index is 0.000000114. The fourth-order valence-electron chi connectivity index (χ4n) is 14.1. The molecule has 0 N–H and O–H groups in total. The van der Waals surface area contributed by atoms with Crippen molar-refractivity contribution in [2.75, 3.05) is 0 Å². The van der Waals surface area contributed by atoms with Crippen molar-refractivity contribution >= 4 is 142 Å². The Hall–Kier alpha value is -10.7. The molecule has 4 aromatic heterocycles. The molecular weight excluding hydrogens is 1200 g/mol. The van der Waals surface area contributed by atoms with Crippen LogP contribution in [0.3, 0.4) is 0 Å². The molecule has 0 amide bonds. The van der Waals surface area contributed by atoms with Crippen molar-refractivity contribution in [3.05, 3.63) is 307 Å². The molecule has 96 heavy (non-hydrogen) atoms. The van der Waals surface area contributed by atoms with E-state index in [1.54, 1.807) is 0 Å². The largest absolute Gasteiger partial charge is 0.494 e. The summed E-state index contributed by atoms with van der Waals surface area (Å²) in [5.74, 6) is 0. The topological polar surface area (TPSA) is 44.2 Å². The van der Waals surface area contributed by atoms with Gasteiger partial charge in [0.25, 0.3) is 0 Å². The van der Waals surface area contributed by atoms with Crippen LogP contribution in [0.4, 0.5) is 0 Å². The van der Waals surface area contributed by atoms with E-state index < -0.39 is 0 Å². The van der Waals surface area contributed by atoms with Gasteiger partial charge in [0.15, 0.2) is 0 Å². The van der Waals surface area contributed by atoms with Crippen LogP contribution in [0.5, 0.6) is 0 Å². The lowest BCUT2D eigenvalue weighted by molar-refractivity contribution is 0.00578. The first kappa shape index (κ1) is 59.0. The fourth-order valence-corrected chi connectivity index (χ4v) is 16.6. The maximum atomic E-state index is 6.28. The molecule has 17 aromatic rings. The predicted octanol–water partition coefficient (Wildman–Crippen LogP) is 24.1. The van der Waals surface area contributed by atoms with E-state index >= 15 is 0 Å². The van der Waals surface area contributed by atoms with E-state index in [2.05, 4.69) is 332 Å². The van der Waals surface area contributed by atoms with Crippen LogP contribution in [0.2, 0.25) is 0 Å². The Morgan fingerprint density at radius 3 is 1.35 bits per heavy atom. The van der Waals surface area contributed by atoms with Crippen LogP contribution in [-0.2, 0) is 9.31 Å². The Kier molecular flexibility index (Phi) is 14.7. The molecule has 0 atom stereocenters. The smallest absolute Gasteiger partial charge is 0.399 e. The van der Waals surface area contributed by atoms with Crippen molar-refractivity contribution in [1.29, 1.82) is 0 Å². The molecule has 1 fully saturated rings. The van der Waals surface area contributed by atoms with Gasteiger partial charge in [0.1, 0.15) is 22.6 Å². The first-order valence-electron chi connectivity index (χ1n) is 32.8. The molecular formula is C89H64BN2O2S2+. The van der Waals surface area contributed by atoms with Gasteiger partial charge in [0.05, 0.1) is 50.1 Å². The molecule has 456 valence electrons. The molecule has 0 spiro atoms. The third-order valence-corrected chi connectivity index (χ3v) is 22.1. The average molecular weight is 1270 g/mol. The first-order valence-corrected chi connectivity index (χ1v) is 34.5. The highest BCUT2D eigenvalue weighted by Crippen LogP contribution is 2.44. The van der Waals surface area contributed by atoms with Gasteiger partial charge in [-0.05, 0) is 170 Å². The average Bonchev–Trinajstić information content (AvgIpc) is 1.79. The summed E-state index contributed by atoms with van der Waals surface area (Å²) < 4.78 is 16.4. The maximum absolute atomic E-state index is 6.28. The molecule has 4 nitrogen and oxygen atoms in total. The molecule has 5 heterocycles. The summed E-state index contributed by atoms with van der Waals surface area (Å²) in [4.78, 5) is 11.5. The highest BCUT2D eigenvalue weighted by atomic mass is 32.1. The number of fused-ring (bicyclic) bond motifs is 18. The van der Waals surface area contributed by atoms with Crippen LogP contribution < -0.4 is 5.46 Å². The number of benzene rings is 13. The number of thiophene rings is 2. The number of rotatable bonds is 6. The van der Waals surface area contributed by atoms with Crippen LogP contribution >= 0.6 is 22.7 Å². The lowest BCUT2D eigenvalue weighted by atomic mass is 9.77. The lowest BCUT2D eigenvalue weighted by Crippen LogP contribution is -2.41. The SMILES string of the molecule is CC1(C)OB(c2ccc3c4ccccc4c4ccccc4c3c2)OC1(C)C.Cc1cccc(-c2cccc(-c3cccc4c5c(sc34)C=C[C+]=C5)n2)c1.c1cc(-c2ccc3c4ccccc4c4ccccc4c3c2)cc(-c2cccc(-c3cccc4c3sc3ccccc34)n2)c1. The molecule has 19 rings (SSSR count). The monoisotopic (exact) mass is 1270 g/mol. The van der Waals surface area contributed by atoms with Crippen molar-refractivity contribution in [2.24, 2.45) is 0 Å². The van der Waals surface area contributed by atoms with E-state index in [1.165, 1.54) is 133 Å². The molecule has 0 unspecified atom stereocenters. The number of allylic oxidation sites excluding steroid dienone is 2. The second kappa shape index (κ2) is 23.9. The van der Waals surface area contributed by atoms with E-state index in [-0.39, 0.29) is 18.3 Å². The molecule has 1 aliphatic carbocycles. The second-order valence-corrected chi connectivity index (χ2v) is 28.2. The summed E-state index contributed by atoms with van der Waals surface area (Å²) in [7, 11) is -0.343. The van der Waals surface area contributed by atoms with Gasteiger partial charge in [-0.2, -0.15) is 0 Å². The summed E-state index contributed by atoms with van der Waals surface area (Å²) in [5.41, 5.74) is 14.0. The molecule has 1 saturated heterocycles. The molecule has 0 bridgehead atoms. The van der Waals surface area contributed by atoms with Crippen molar-refractivity contribution in [1.82, 2.24) is 9.97 Å². The molecule has 2 aliphatic rings. The Morgan fingerprint density at radius 1 is 0.344 bits per heavy atom. The van der Waals surface area contributed by atoms with E-state index in [4.69, 9.17) is 19.3 Å². The zero-order chi connectivity index (χ0) is 64.7. The first-order chi connectivity index (χ1) is 47.0. The van der Waals surface area contributed by atoms with Crippen molar-refractivity contribution < 1.29 is 9.31 Å². The number of aromatic nitrogens is 2. The maximum Gasteiger partial charge on any atom is 0.494 e. The third kappa shape index (κ3) is 10.4. The summed E-state index contributed by atoms with van der Waals surface area (Å²) in [6, 6.07) is 99.9. The zero-order valence-electron chi connectivity index (χ0n) is 53.9. The highest BCUT2D eigenvalue weighted by molar-refractivity contribution is 7.26. The number of hydrogen-bond donors (Lipinski definition) is 0. The van der Waals surface area contributed by atoms with Gasteiger partial charge in [-0.25, -0.2) is 9.97 Å². The van der Waals surface area contributed by atoms with Gasteiger partial charge in [0.2, 0.25) is 0 Å². The van der Waals surface area contributed by atoms with Crippen molar-refractivity contribution in [3.63, 3.8) is 0 Å². The summed E-state index contributed by atoms with van der Waals surface area (Å²) in [6.07, 6.45) is 9.40. The third-order valence-electron chi connectivity index (χ3n) is 19.6. The highest BCUT2D eigenvalue weighted by Gasteiger charge is 2.51. The van der Waals surface area contributed by atoms with Gasteiger partial charge < -0.3 is 9.31 Å². The van der Waals surface area contributed by atoms with Gasteiger partial charge in [-0.15, -0.1) is 22.7 Å². The number of hydrogen-bond acceptors (Lipinski definition) is 6. The van der Waals surface area contributed by atoms with Crippen LogP contribution in [0.25, 0.3) is 163 Å². The minimum Gasteiger partial charge on any atom is -0.399 e. The predicted molar refractivity (Wildman–Crippen MR) is 413 cm³/mol. The molecule has 13 aromatic carbocycles. The summed E-state index contributed by atoms with van der Waals surface area (Å²) in [5, 5.41) is 19.3. The Bertz CT molecular complexity index is 5950. The standard InChI is InChI=1S/C41H25NS.C24H23BO2.C24H16NS/c1-2-14-31-29(12-1)30-13-3-4-15-32(30)37-25-27(22-23-33(31)37)26-10-7-11-28(24-26)38-19-9-20-39(42-38)36-18-8-17-35-34-16-5-6-21-40(34)43-41(35)36;1-23(2)24(3,4)27-25(26-23)16-13-14-21-19-11-6-5-9-17(19)18-10-7-8-12-20(18)22(21)15-16;1-16-7-4-8-17(15-16)21-12-6-13-22(25-21)20-11-5-10-19-18-9-2-3-14-23(18)26-24(19)20/h1-25H;5-15H,1-4H3;3-15H,1H3/q;;+1. The lowest BCUT2D eigenvalue weighted by Gasteiger charge is -2.32. The van der Waals surface area contributed by atoms with Gasteiger partial charge >= 0.3 is 7.12 Å². The molecule has 0 saturated carbocycles. The van der Waals surface area contributed by atoms with Gasteiger partial charge in [-0.1, -0.05) is 230 Å². The Labute approximate surface area is 566 Å². The quantitative estimate of drug-likeness (QED) is 0.0945. The van der Waals surface area contributed by atoms with E-state index in [9.17, 15) is 0 Å². The van der Waals surface area contributed by atoms with E-state index in [0.29, 0.717) is 0 Å². The molecule has 7 heteroatoms. The number of nitrogens with zero attached hydrogens (tertiary/aromatic N) is 2. The minimum atomic E-state index is -0.343.